The van der Waals surface area contributed by atoms with Gasteiger partial charge in [0.15, 0.2) is 0 Å². The topological polar surface area (TPSA) is 58.6 Å². The minimum Gasteiger partial charge on any atom is -0.497 e. The fourth-order valence-corrected chi connectivity index (χ4v) is 3.83. The van der Waals surface area contributed by atoms with Gasteiger partial charge in [-0.1, -0.05) is 42.5 Å². The van der Waals surface area contributed by atoms with Crippen molar-refractivity contribution in [2.75, 3.05) is 19.4 Å². The van der Waals surface area contributed by atoms with Gasteiger partial charge in [0.2, 0.25) is 11.8 Å². The number of hydrogen-bond acceptors (Lipinski definition) is 4. The number of nitrogens with one attached hydrogen (secondary N) is 1. The van der Waals surface area contributed by atoms with Gasteiger partial charge in [-0.25, -0.2) is 0 Å². The van der Waals surface area contributed by atoms with Crippen LogP contribution in [-0.4, -0.2) is 42.2 Å². The Morgan fingerprint density at radius 3 is 2.52 bits per heavy atom. The quantitative estimate of drug-likeness (QED) is 0.567. The Morgan fingerprint density at radius 1 is 1.10 bits per heavy atom. The van der Waals surface area contributed by atoms with Crippen molar-refractivity contribution in [2.24, 2.45) is 0 Å². The highest BCUT2D eigenvalue weighted by Gasteiger charge is 2.25. The van der Waals surface area contributed by atoms with Crippen LogP contribution in [0, 0.1) is 0 Å². The van der Waals surface area contributed by atoms with Crippen molar-refractivity contribution >= 4 is 23.6 Å². The molecule has 0 spiro atoms. The molecular weight excluding hydrogens is 384 g/mol. The first-order valence-electron chi connectivity index (χ1n) is 9.87. The number of amides is 2. The first-order valence-corrected chi connectivity index (χ1v) is 11.0. The van der Waals surface area contributed by atoms with Crippen molar-refractivity contribution in [1.29, 1.82) is 0 Å². The summed E-state index contributed by atoms with van der Waals surface area (Å²) >= 11 is 1.73. The number of hydrogen-bond donors (Lipinski definition) is 1. The lowest BCUT2D eigenvalue weighted by Crippen LogP contribution is -2.47. The average Bonchev–Trinajstić information content (AvgIpc) is 2.75. The Hall–Kier alpha value is -2.47. The molecule has 1 atom stereocenters. The van der Waals surface area contributed by atoms with Gasteiger partial charge in [0.05, 0.1) is 7.11 Å². The summed E-state index contributed by atoms with van der Waals surface area (Å²) in [5.74, 6) is 2.16. The number of thioether (sulfide) groups is 1. The molecule has 0 unspecified atom stereocenters. The minimum atomic E-state index is -0.534. The van der Waals surface area contributed by atoms with Crippen molar-refractivity contribution in [2.45, 2.75) is 38.6 Å². The molecule has 0 aliphatic rings. The molecule has 2 aromatic carbocycles. The Kier molecular flexibility index (Phi) is 9.57. The van der Waals surface area contributed by atoms with Gasteiger partial charge in [0, 0.05) is 31.0 Å². The lowest BCUT2D eigenvalue weighted by molar-refractivity contribution is -0.140. The summed E-state index contributed by atoms with van der Waals surface area (Å²) < 4.78 is 5.28. The molecule has 2 aromatic rings. The molecule has 0 aliphatic heterocycles. The zero-order chi connectivity index (χ0) is 21.1. The third-order valence-electron chi connectivity index (χ3n) is 4.58. The number of carbonyl (C=O) groups is 2. The van der Waals surface area contributed by atoms with Crippen LogP contribution in [0.15, 0.2) is 54.6 Å². The summed E-state index contributed by atoms with van der Waals surface area (Å²) in [5.41, 5.74) is 2.18. The van der Waals surface area contributed by atoms with Crippen LogP contribution in [0.1, 0.15) is 31.4 Å². The summed E-state index contributed by atoms with van der Waals surface area (Å²) in [6.45, 7) is 4.56. The van der Waals surface area contributed by atoms with Crippen LogP contribution < -0.4 is 10.1 Å². The van der Waals surface area contributed by atoms with Gasteiger partial charge in [-0.05, 0) is 37.1 Å². The van der Waals surface area contributed by atoms with E-state index in [0.29, 0.717) is 25.3 Å². The zero-order valence-electron chi connectivity index (χ0n) is 17.4. The third-order valence-corrected chi connectivity index (χ3v) is 5.61. The van der Waals surface area contributed by atoms with Gasteiger partial charge in [-0.2, -0.15) is 11.8 Å². The highest BCUT2D eigenvalue weighted by molar-refractivity contribution is 7.98. The standard InChI is InChI=1S/C23H30N2O3S/c1-4-24-23(27)18(2)25(16-20-11-8-12-21(15-20)28-3)22(26)13-14-29-17-19-9-6-5-7-10-19/h5-12,15,18H,4,13-14,16-17H2,1-3H3,(H,24,27)/t18-/m1/s1. The van der Waals surface area contributed by atoms with E-state index in [2.05, 4.69) is 17.4 Å². The predicted octanol–water partition coefficient (Wildman–Crippen LogP) is 3.87. The number of ether oxygens (including phenoxy) is 1. The van der Waals surface area contributed by atoms with E-state index in [9.17, 15) is 9.59 Å². The maximum Gasteiger partial charge on any atom is 0.242 e. The van der Waals surface area contributed by atoms with Gasteiger partial charge >= 0.3 is 0 Å². The van der Waals surface area contributed by atoms with Crippen molar-refractivity contribution in [3.8, 4) is 5.75 Å². The van der Waals surface area contributed by atoms with Crippen LogP contribution in [0.4, 0.5) is 0 Å². The van der Waals surface area contributed by atoms with E-state index in [1.54, 1.807) is 30.7 Å². The molecule has 2 rings (SSSR count). The molecular formula is C23H30N2O3S. The van der Waals surface area contributed by atoms with Gasteiger partial charge < -0.3 is 15.0 Å². The monoisotopic (exact) mass is 414 g/mol. The Morgan fingerprint density at radius 2 is 1.83 bits per heavy atom. The molecule has 6 heteroatoms. The molecule has 0 fully saturated rings. The molecule has 0 saturated carbocycles. The van der Waals surface area contributed by atoms with Gasteiger partial charge in [0.25, 0.3) is 0 Å². The Balaban J connectivity index is 2.00. The molecule has 29 heavy (non-hydrogen) atoms. The fourth-order valence-electron chi connectivity index (χ4n) is 2.94. The van der Waals surface area contributed by atoms with Gasteiger partial charge in [0.1, 0.15) is 11.8 Å². The van der Waals surface area contributed by atoms with E-state index in [0.717, 1.165) is 17.1 Å². The molecule has 2 amide bonds. The highest BCUT2D eigenvalue weighted by Crippen LogP contribution is 2.18. The first kappa shape index (κ1) is 22.8. The number of nitrogens with zero attached hydrogens (tertiary/aromatic N) is 1. The molecule has 0 aromatic heterocycles. The molecule has 0 aliphatic carbocycles. The zero-order valence-corrected chi connectivity index (χ0v) is 18.2. The Bertz CT molecular complexity index is 783. The summed E-state index contributed by atoms with van der Waals surface area (Å²) in [6.07, 6.45) is 0.394. The molecule has 5 nitrogen and oxygen atoms in total. The van der Waals surface area contributed by atoms with Crippen molar-refractivity contribution in [1.82, 2.24) is 10.2 Å². The molecule has 1 N–H and O–H groups in total. The average molecular weight is 415 g/mol. The summed E-state index contributed by atoms with van der Waals surface area (Å²) in [5, 5.41) is 2.82. The smallest absolute Gasteiger partial charge is 0.242 e. The Labute approximate surface area is 177 Å². The second-order valence-corrected chi connectivity index (χ2v) is 7.84. The van der Waals surface area contributed by atoms with Crippen LogP contribution in [0.5, 0.6) is 5.75 Å². The summed E-state index contributed by atoms with van der Waals surface area (Å²) in [6, 6.07) is 17.3. The van der Waals surface area contributed by atoms with Crippen molar-refractivity contribution in [3.05, 3.63) is 65.7 Å². The van der Waals surface area contributed by atoms with Crippen molar-refractivity contribution in [3.63, 3.8) is 0 Å². The summed E-state index contributed by atoms with van der Waals surface area (Å²) in [4.78, 5) is 27.0. The van der Waals surface area contributed by atoms with E-state index >= 15 is 0 Å². The van der Waals surface area contributed by atoms with Crippen LogP contribution >= 0.6 is 11.8 Å². The maximum absolute atomic E-state index is 13.0. The van der Waals surface area contributed by atoms with E-state index in [-0.39, 0.29) is 11.8 Å². The third kappa shape index (κ3) is 7.46. The molecule has 0 radical (unpaired) electrons. The predicted molar refractivity (Wildman–Crippen MR) is 119 cm³/mol. The van der Waals surface area contributed by atoms with E-state index in [4.69, 9.17) is 4.74 Å². The van der Waals surface area contributed by atoms with E-state index in [1.165, 1.54) is 5.56 Å². The van der Waals surface area contributed by atoms with Gasteiger partial charge in [-0.15, -0.1) is 0 Å². The molecule has 156 valence electrons. The highest BCUT2D eigenvalue weighted by atomic mass is 32.2. The van der Waals surface area contributed by atoms with Crippen LogP contribution in [-0.2, 0) is 21.9 Å². The second kappa shape index (κ2) is 12.2. The van der Waals surface area contributed by atoms with Crippen LogP contribution in [0.3, 0.4) is 0 Å². The maximum atomic E-state index is 13.0. The van der Waals surface area contributed by atoms with E-state index in [1.807, 2.05) is 49.4 Å². The van der Waals surface area contributed by atoms with Gasteiger partial charge in [-0.3, -0.25) is 9.59 Å². The molecule has 0 bridgehead atoms. The number of benzene rings is 2. The normalized spacial score (nSPS) is 11.6. The molecule has 0 saturated heterocycles. The van der Waals surface area contributed by atoms with Crippen LogP contribution in [0.25, 0.3) is 0 Å². The fraction of sp³-hybridized carbons (Fsp3) is 0.391. The largest absolute Gasteiger partial charge is 0.497 e. The number of likely N-dealkylation sites (N-methyl/N-ethyl adjacent to an activating group) is 1. The number of methoxy groups -OCH3 is 1. The SMILES string of the molecule is CCNC(=O)[C@@H](C)N(Cc1cccc(OC)c1)C(=O)CCSCc1ccccc1. The summed E-state index contributed by atoms with van der Waals surface area (Å²) in [7, 11) is 1.61. The van der Waals surface area contributed by atoms with Crippen molar-refractivity contribution < 1.29 is 14.3 Å². The number of rotatable bonds is 11. The van der Waals surface area contributed by atoms with Crippen LogP contribution in [0.2, 0.25) is 0 Å². The molecule has 0 heterocycles. The first-order chi connectivity index (χ1) is 14.0. The minimum absolute atomic E-state index is 0.0212. The lowest BCUT2D eigenvalue weighted by Gasteiger charge is -2.29. The second-order valence-electron chi connectivity index (χ2n) is 6.73. The van der Waals surface area contributed by atoms with E-state index < -0.39 is 6.04 Å². The number of carbonyl (C=O) groups excluding carboxylic acids is 2. The lowest BCUT2D eigenvalue weighted by atomic mass is 10.1.